The Balaban J connectivity index is 2.30. The van der Waals surface area contributed by atoms with Crippen LogP contribution in [0.1, 0.15) is 52.1 Å². The van der Waals surface area contributed by atoms with E-state index in [1.807, 2.05) is 0 Å². The Morgan fingerprint density at radius 3 is 2.38 bits per heavy atom. The summed E-state index contributed by atoms with van der Waals surface area (Å²) >= 11 is 0. The molecule has 0 radical (unpaired) electrons. The van der Waals surface area contributed by atoms with E-state index in [9.17, 15) is 14.0 Å². The standard InChI is InChI=1S/C18H24FNO4/c1-5-23-16(21)15-11-10-14(12-6-8-13(19)9-7-12)20(15)17(22)24-18(2,3)4/h6-9,14-15H,5,10-11H2,1-4H3/t14-,15-/m0/s1. The molecular formula is C18H24FNO4. The monoisotopic (exact) mass is 337 g/mol. The number of halogens is 1. The molecule has 2 atom stereocenters. The van der Waals surface area contributed by atoms with Gasteiger partial charge in [0.15, 0.2) is 0 Å². The summed E-state index contributed by atoms with van der Waals surface area (Å²) in [5.41, 5.74) is 0.0979. The first kappa shape index (κ1) is 18.2. The number of hydrogen-bond acceptors (Lipinski definition) is 4. The van der Waals surface area contributed by atoms with E-state index in [1.165, 1.54) is 17.0 Å². The number of carbonyl (C=O) groups is 2. The van der Waals surface area contributed by atoms with Crippen molar-refractivity contribution >= 4 is 12.1 Å². The fourth-order valence-electron chi connectivity index (χ4n) is 2.86. The fourth-order valence-corrected chi connectivity index (χ4v) is 2.86. The topological polar surface area (TPSA) is 55.8 Å². The molecule has 24 heavy (non-hydrogen) atoms. The Morgan fingerprint density at radius 1 is 1.21 bits per heavy atom. The zero-order chi connectivity index (χ0) is 17.9. The maximum atomic E-state index is 13.2. The first-order valence-corrected chi connectivity index (χ1v) is 8.16. The van der Waals surface area contributed by atoms with Gasteiger partial charge in [-0.1, -0.05) is 12.1 Å². The molecule has 1 aromatic rings. The lowest BCUT2D eigenvalue weighted by Gasteiger charge is -2.31. The highest BCUT2D eigenvalue weighted by molar-refractivity contribution is 5.82. The molecule has 0 spiro atoms. The Morgan fingerprint density at radius 2 is 1.83 bits per heavy atom. The molecule has 0 aromatic heterocycles. The number of rotatable bonds is 3. The molecule has 1 saturated heterocycles. The van der Waals surface area contributed by atoms with Crippen LogP contribution in [0.5, 0.6) is 0 Å². The molecular weight excluding hydrogens is 313 g/mol. The van der Waals surface area contributed by atoms with Crippen molar-refractivity contribution in [2.45, 2.75) is 58.2 Å². The normalized spacial score (nSPS) is 20.8. The lowest BCUT2D eigenvalue weighted by molar-refractivity contribution is -0.148. The average Bonchev–Trinajstić information content (AvgIpc) is 2.91. The highest BCUT2D eigenvalue weighted by Gasteiger charge is 2.44. The van der Waals surface area contributed by atoms with Gasteiger partial charge >= 0.3 is 12.1 Å². The number of likely N-dealkylation sites (tertiary alicyclic amines) is 1. The Hall–Kier alpha value is -2.11. The van der Waals surface area contributed by atoms with E-state index in [0.29, 0.717) is 12.8 Å². The van der Waals surface area contributed by atoms with Gasteiger partial charge in [0, 0.05) is 0 Å². The molecule has 1 amide bonds. The molecule has 1 aliphatic heterocycles. The third kappa shape index (κ3) is 4.24. The number of esters is 1. The van der Waals surface area contributed by atoms with Crippen LogP contribution in [-0.2, 0) is 14.3 Å². The molecule has 0 bridgehead atoms. The predicted molar refractivity (Wildman–Crippen MR) is 86.9 cm³/mol. The number of hydrogen-bond donors (Lipinski definition) is 0. The van der Waals surface area contributed by atoms with Crippen LogP contribution in [0.3, 0.4) is 0 Å². The lowest BCUT2D eigenvalue weighted by Crippen LogP contribution is -2.45. The minimum absolute atomic E-state index is 0.249. The van der Waals surface area contributed by atoms with Gasteiger partial charge in [-0.15, -0.1) is 0 Å². The molecule has 1 fully saturated rings. The number of benzene rings is 1. The molecule has 1 aromatic carbocycles. The summed E-state index contributed by atoms with van der Waals surface area (Å²) in [6.45, 7) is 7.29. The van der Waals surface area contributed by atoms with Crippen molar-refractivity contribution in [2.75, 3.05) is 6.61 Å². The summed E-state index contributed by atoms with van der Waals surface area (Å²) in [6, 6.07) is 4.93. The largest absolute Gasteiger partial charge is 0.464 e. The maximum Gasteiger partial charge on any atom is 0.411 e. The van der Waals surface area contributed by atoms with Crippen molar-refractivity contribution < 1.29 is 23.5 Å². The minimum atomic E-state index is -0.685. The lowest BCUT2D eigenvalue weighted by atomic mass is 10.0. The third-order valence-corrected chi connectivity index (χ3v) is 3.80. The van der Waals surface area contributed by atoms with Crippen LogP contribution in [0.25, 0.3) is 0 Å². The van der Waals surface area contributed by atoms with Crippen LogP contribution in [0.4, 0.5) is 9.18 Å². The quantitative estimate of drug-likeness (QED) is 0.787. The smallest absolute Gasteiger partial charge is 0.411 e. The van der Waals surface area contributed by atoms with Crippen molar-refractivity contribution in [3.8, 4) is 0 Å². The van der Waals surface area contributed by atoms with E-state index in [2.05, 4.69) is 0 Å². The average molecular weight is 337 g/mol. The zero-order valence-corrected chi connectivity index (χ0v) is 14.5. The van der Waals surface area contributed by atoms with Gasteiger partial charge in [0.1, 0.15) is 17.5 Å². The van der Waals surface area contributed by atoms with Crippen molar-refractivity contribution in [3.05, 3.63) is 35.6 Å². The second-order valence-corrected chi connectivity index (χ2v) is 6.80. The van der Waals surface area contributed by atoms with Crippen molar-refractivity contribution in [3.63, 3.8) is 0 Å². The minimum Gasteiger partial charge on any atom is -0.464 e. The van der Waals surface area contributed by atoms with E-state index in [0.717, 1.165) is 5.56 Å². The van der Waals surface area contributed by atoms with Crippen molar-refractivity contribution in [2.24, 2.45) is 0 Å². The Bertz CT molecular complexity index is 594. The zero-order valence-electron chi connectivity index (χ0n) is 14.5. The molecule has 5 nitrogen and oxygen atoms in total. The van der Waals surface area contributed by atoms with Gasteiger partial charge in [-0.25, -0.2) is 14.0 Å². The van der Waals surface area contributed by atoms with Gasteiger partial charge in [0.25, 0.3) is 0 Å². The van der Waals surface area contributed by atoms with E-state index < -0.39 is 23.7 Å². The summed E-state index contributed by atoms with van der Waals surface area (Å²) in [4.78, 5) is 26.3. The summed E-state index contributed by atoms with van der Waals surface area (Å²) in [5, 5.41) is 0. The fraction of sp³-hybridized carbons (Fsp3) is 0.556. The number of amides is 1. The number of ether oxygens (including phenoxy) is 2. The molecule has 0 aliphatic carbocycles. The number of carbonyl (C=O) groups excluding carboxylic acids is 2. The van der Waals surface area contributed by atoms with Crippen molar-refractivity contribution in [1.29, 1.82) is 0 Å². The Kier molecular flexibility index (Phi) is 5.47. The first-order valence-electron chi connectivity index (χ1n) is 8.16. The maximum absolute atomic E-state index is 13.2. The van der Waals surface area contributed by atoms with Gasteiger partial charge < -0.3 is 9.47 Å². The SMILES string of the molecule is CCOC(=O)[C@@H]1CC[C@@H](c2ccc(F)cc2)N1C(=O)OC(C)(C)C. The van der Waals surface area contributed by atoms with Crippen LogP contribution in [0.15, 0.2) is 24.3 Å². The van der Waals surface area contributed by atoms with Gasteiger partial charge in [-0.05, 0) is 58.2 Å². The van der Waals surface area contributed by atoms with Crippen molar-refractivity contribution in [1.82, 2.24) is 4.90 Å². The number of nitrogens with zero attached hydrogens (tertiary/aromatic N) is 1. The van der Waals surface area contributed by atoms with E-state index in [4.69, 9.17) is 9.47 Å². The van der Waals surface area contributed by atoms with Gasteiger partial charge in [0.05, 0.1) is 12.6 Å². The molecule has 2 rings (SSSR count). The summed E-state index contributed by atoms with van der Waals surface area (Å²) < 4.78 is 23.7. The Labute approximate surface area is 141 Å². The van der Waals surface area contributed by atoms with Crippen LogP contribution in [-0.4, -0.2) is 35.2 Å². The molecule has 0 N–H and O–H groups in total. The summed E-state index contributed by atoms with van der Waals surface area (Å²) in [7, 11) is 0. The van der Waals surface area contributed by atoms with Crippen LogP contribution < -0.4 is 0 Å². The van der Waals surface area contributed by atoms with Crippen LogP contribution in [0, 0.1) is 5.82 Å². The second kappa shape index (κ2) is 7.20. The molecule has 132 valence electrons. The summed E-state index contributed by atoms with van der Waals surface area (Å²) in [6.07, 6.45) is 0.515. The molecule has 1 aliphatic rings. The molecule has 6 heteroatoms. The summed E-state index contributed by atoms with van der Waals surface area (Å²) in [5.74, 6) is -0.782. The van der Waals surface area contributed by atoms with E-state index >= 15 is 0 Å². The van der Waals surface area contributed by atoms with Gasteiger partial charge in [-0.3, -0.25) is 4.90 Å². The first-order chi connectivity index (χ1) is 11.2. The highest BCUT2D eigenvalue weighted by Crippen LogP contribution is 2.37. The van der Waals surface area contributed by atoms with Gasteiger partial charge in [0.2, 0.25) is 0 Å². The molecule has 0 unspecified atom stereocenters. The molecule has 0 saturated carbocycles. The van der Waals surface area contributed by atoms with Crippen LogP contribution >= 0.6 is 0 Å². The molecule has 1 heterocycles. The van der Waals surface area contributed by atoms with E-state index in [1.54, 1.807) is 39.8 Å². The van der Waals surface area contributed by atoms with Crippen LogP contribution in [0.2, 0.25) is 0 Å². The third-order valence-electron chi connectivity index (χ3n) is 3.80. The van der Waals surface area contributed by atoms with Gasteiger partial charge in [-0.2, -0.15) is 0 Å². The second-order valence-electron chi connectivity index (χ2n) is 6.80. The predicted octanol–water partition coefficient (Wildman–Crippen LogP) is 3.83. The highest BCUT2D eigenvalue weighted by atomic mass is 19.1. The van der Waals surface area contributed by atoms with E-state index in [-0.39, 0.29) is 18.5 Å².